The molecule has 4 nitrogen and oxygen atoms in total. The number of methoxy groups -OCH3 is 2. The van der Waals surface area contributed by atoms with Crippen LogP contribution < -0.4 is 14.8 Å². The van der Waals surface area contributed by atoms with E-state index < -0.39 is 0 Å². The van der Waals surface area contributed by atoms with Gasteiger partial charge in [0.2, 0.25) is 0 Å². The second kappa shape index (κ2) is 7.65. The molecule has 0 aromatic heterocycles. The number of hydrogen-bond donors (Lipinski definition) is 1. The lowest BCUT2D eigenvalue weighted by atomic mass is 9.78. The average molecular weight is 350 g/mol. The van der Waals surface area contributed by atoms with Crippen molar-refractivity contribution in [3.8, 4) is 11.5 Å². The molecular formula is C22H26N2O2. The number of nitrogens with one attached hydrogen (secondary N) is 1. The third kappa shape index (κ3) is 4.66. The number of ether oxygens (including phenoxy) is 2. The molecule has 0 saturated heterocycles. The zero-order chi connectivity index (χ0) is 18.6. The van der Waals surface area contributed by atoms with Crippen LogP contribution in [0.2, 0.25) is 0 Å². The molecule has 0 saturated carbocycles. The SMILES string of the molecule is COc1ccc(/N=C2/C=C(Nc3ccc(OC)cc3)CC(C)(C)C2)cc1. The van der Waals surface area contributed by atoms with Crippen LogP contribution in [0.5, 0.6) is 11.5 Å². The number of allylic oxidation sites excluding steroid dienone is 2. The predicted octanol–water partition coefficient (Wildman–Crippen LogP) is 5.59. The van der Waals surface area contributed by atoms with Crippen LogP contribution in [0.1, 0.15) is 26.7 Å². The molecule has 2 aromatic carbocycles. The van der Waals surface area contributed by atoms with Crippen molar-refractivity contribution in [2.24, 2.45) is 10.4 Å². The topological polar surface area (TPSA) is 42.8 Å². The number of nitrogens with zero attached hydrogens (tertiary/aromatic N) is 1. The van der Waals surface area contributed by atoms with Crippen LogP contribution in [0.4, 0.5) is 11.4 Å². The van der Waals surface area contributed by atoms with Crippen LogP contribution in [0.25, 0.3) is 0 Å². The van der Waals surface area contributed by atoms with Gasteiger partial charge < -0.3 is 14.8 Å². The van der Waals surface area contributed by atoms with Gasteiger partial charge in [0.1, 0.15) is 11.5 Å². The molecule has 0 heterocycles. The summed E-state index contributed by atoms with van der Waals surface area (Å²) in [6.45, 7) is 4.55. The molecule has 0 fully saturated rings. The Labute approximate surface area is 155 Å². The fourth-order valence-corrected chi connectivity index (χ4v) is 3.21. The summed E-state index contributed by atoms with van der Waals surface area (Å²) in [7, 11) is 3.35. The fourth-order valence-electron chi connectivity index (χ4n) is 3.21. The molecule has 0 spiro atoms. The van der Waals surface area contributed by atoms with E-state index in [1.165, 1.54) is 5.70 Å². The van der Waals surface area contributed by atoms with Crippen LogP contribution in [0.3, 0.4) is 0 Å². The van der Waals surface area contributed by atoms with Gasteiger partial charge in [-0.25, -0.2) is 0 Å². The molecule has 136 valence electrons. The summed E-state index contributed by atoms with van der Waals surface area (Å²) in [4.78, 5) is 4.83. The van der Waals surface area contributed by atoms with E-state index in [0.29, 0.717) is 0 Å². The summed E-state index contributed by atoms with van der Waals surface area (Å²) >= 11 is 0. The second-order valence-corrected chi connectivity index (χ2v) is 7.34. The van der Waals surface area contributed by atoms with E-state index in [1.807, 2.05) is 48.5 Å². The first-order chi connectivity index (χ1) is 12.5. The normalized spacial score (nSPS) is 17.5. The lowest BCUT2D eigenvalue weighted by Crippen LogP contribution is -2.24. The van der Waals surface area contributed by atoms with Gasteiger partial charge in [0.25, 0.3) is 0 Å². The van der Waals surface area contributed by atoms with Crippen molar-refractivity contribution in [2.45, 2.75) is 26.7 Å². The lowest BCUT2D eigenvalue weighted by molar-refractivity contribution is 0.374. The molecule has 3 rings (SSSR count). The molecule has 0 aliphatic heterocycles. The Bertz CT molecular complexity index is 803. The van der Waals surface area contributed by atoms with Gasteiger partial charge in [-0.3, -0.25) is 4.99 Å². The molecule has 1 aliphatic rings. The summed E-state index contributed by atoms with van der Waals surface area (Å²) in [6.07, 6.45) is 4.10. The highest BCUT2D eigenvalue weighted by atomic mass is 16.5. The minimum Gasteiger partial charge on any atom is -0.497 e. The number of anilines is 1. The molecule has 26 heavy (non-hydrogen) atoms. The molecule has 0 atom stereocenters. The van der Waals surface area contributed by atoms with Gasteiger partial charge in [-0.05, 0) is 72.9 Å². The molecule has 1 N–H and O–H groups in total. The van der Waals surface area contributed by atoms with Gasteiger partial charge in [-0.2, -0.15) is 0 Å². The monoisotopic (exact) mass is 350 g/mol. The minimum absolute atomic E-state index is 0.162. The fraction of sp³-hybridized carbons (Fsp3) is 0.318. The Hall–Kier alpha value is -2.75. The Kier molecular flexibility index (Phi) is 5.31. The van der Waals surface area contributed by atoms with Crippen LogP contribution in [0.15, 0.2) is 65.3 Å². The molecule has 0 bridgehead atoms. The van der Waals surface area contributed by atoms with Crippen LogP contribution in [-0.4, -0.2) is 19.9 Å². The average Bonchev–Trinajstić information content (AvgIpc) is 2.61. The molecular weight excluding hydrogens is 324 g/mol. The number of rotatable bonds is 5. The summed E-state index contributed by atoms with van der Waals surface area (Å²) in [6, 6.07) is 15.8. The van der Waals surface area contributed by atoms with Crippen molar-refractivity contribution in [3.05, 3.63) is 60.3 Å². The van der Waals surface area contributed by atoms with Crippen molar-refractivity contribution in [2.75, 3.05) is 19.5 Å². The van der Waals surface area contributed by atoms with E-state index in [-0.39, 0.29) is 5.41 Å². The third-order valence-electron chi connectivity index (χ3n) is 4.41. The molecule has 0 amide bonds. The molecule has 1 aliphatic carbocycles. The standard InChI is InChI=1S/C22H26N2O2/c1-22(2)14-18(23-16-5-9-20(25-3)10-6-16)13-19(15-22)24-17-7-11-21(26-4)12-8-17/h5-13,23H,14-15H2,1-4H3/b24-19-. The Balaban J connectivity index is 1.82. The van der Waals surface area contributed by atoms with Crippen molar-refractivity contribution < 1.29 is 9.47 Å². The van der Waals surface area contributed by atoms with E-state index in [1.54, 1.807) is 14.2 Å². The number of hydrogen-bond acceptors (Lipinski definition) is 4. The quantitative estimate of drug-likeness (QED) is 0.764. The zero-order valence-electron chi connectivity index (χ0n) is 15.9. The lowest BCUT2D eigenvalue weighted by Gasteiger charge is -2.31. The van der Waals surface area contributed by atoms with E-state index in [2.05, 4.69) is 25.2 Å². The van der Waals surface area contributed by atoms with E-state index in [0.717, 1.165) is 41.4 Å². The van der Waals surface area contributed by atoms with Crippen LogP contribution in [0, 0.1) is 5.41 Å². The smallest absolute Gasteiger partial charge is 0.119 e. The zero-order valence-corrected chi connectivity index (χ0v) is 15.9. The van der Waals surface area contributed by atoms with Gasteiger partial charge in [-0.1, -0.05) is 13.8 Å². The van der Waals surface area contributed by atoms with Gasteiger partial charge in [-0.15, -0.1) is 0 Å². The maximum Gasteiger partial charge on any atom is 0.119 e. The van der Waals surface area contributed by atoms with Gasteiger partial charge in [0.05, 0.1) is 19.9 Å². The first-order valence-electron chi connectivity index (χ1n) is 8.81. The largest absolute Gasteiger partial charge is 0.497 e. The van der Waals surface area contributed by atoms with Crippen molar-refractivity contribution in [3.63, 3.8) is 0 Å². The van der Waals surface area contributed by atoms with Crippen molar-refractivity contribution >= 4 is 17.1 Å². The van der Waals surface area contributed by atoms with E-state index in [4.69, 9.17) is 14.5 Å². The second-order valence-electron chi connectivity index (χ2n) is 7.34. The Morgan fingerprint density at radius 2 is 1.42 bits per heavy atom. The number of aliphatic imine (C=N–C) groups is 1. The molecule has 0 unspecified atom stereocenters. The number of benzene rings is 2. The highest BCUT2D eigenvalue weighted by Gasteiger charge is 2.26. The highest BCUT2D eigenvalue weighted by Crippen LogP contribution is 2.35. The first-order valence-corrected chi connectivity index (χ1v) is 8.81. The van der Waals surface area contributed by atoms with Crippen LogP contribution in [-0.2, 0) is 0 Å². The van der Waals surface area contributed by atoms with Gasteiger partial charge in [0.15, 0.2) is 0 Å². The summed E-state index contributed by atoms with van der Waals surface area (Å²) in [5, 5.41) is 3.53. The first kappa shape index (κ1) is 18.1. The molecule has 0 radical (unpaired) electrons. The third-order valence-corrected chi connectivity index (χ3v) is 4.41. The van der Waals surface area contributed by atoms with Crippen molar-refractivity contribution in [1.82, 2.24) is 0 Å². The van der Waals surface area contributed by atoms with Gasteiger partial charge in [0, 0.05) is 17.1 Å². The Morgan fingerprint density at radius 1 is 0.846 bits per heavy atom. The van der Waals surface area contributed by atoms with Crippen molar-refractivity contribution in [1.29, 1.82) is 0 Å². The molecule has 4 heteroatoms. The molecule has 2 aromatic rings. The predicted molar refractivity (Wildman–Crippen MR) is 108 cm³/mol. The maximum absolute atomic E-state index is 5.22. The van der Waals surface area contributed by atoms with Crippen LogP contribution >= 0.6 is 0 Å². The van der Waals surface area contributed by atoms with E-state index >= 15 is 0 Å². The summed E-state index contributed by atoms with van der Waals surface area (Å²) in [5.74, 6) is 1.70. The maximum atomic E-state index is 5.22. The highest BCUT2D eigenvalue weighted by molar-refractivity contribution is 5.99. The minimum atomic E-state index is 0.162. The Morgan fingerprint density at radius 3 is 2.00 bits per heavy atom. The summed E-state index contributed by atoms with van der Waals surface area (Å²) < 4.78 is 10.4. The summed E-state index contributed by atoms with van der Waals surface area (Å²) in [5.41, 5.74) is 4.42. The van der Waals surface area contributed by atoms with E-state index in [9.17, 15) is 0 Å². The van der Waals surface area contributed by atoms with Gasteiger partial charge >= 0.3 is 0 Å².